The molecule has 142 valence electrons. The van der Waals surface area contributed by atoms with E-state index in [1.54, 1.807) is 6.92 Å². The van der Waals surface area contributed by atoms with Crippen molar-refractivity contribution in [3.8, 4) is 0 Å². The largest absolute Gasteiger partial charge is 0.466 e. The molecular formula is C21H29NO4. The van der Waals surface area contributed by atoms with Gasteiger partial charge in [0.1, 0.15) is 0 Å². The second-order valence-corrected chi connectivity index (χ2v) is 7.08. The molecule has 5 heteroatoms. The highest BCUT2D eigenvalue weighted by Crippen LogP contribution is 2.36. The maximum atomic E-state index is 12.3. The molecule has 0 radical (unpaired) electrons. The van der Waals surface area contributed by atoms with Crippen LogP contribution in [0.25, 0.3) is 0 Å². The van der Waals surface area contributed by atoms with E-state index in [1.807, 2.05) is 31.2 Å². The van der Waals surface area contributed by atoms with E-state index in [1.165, 1.54) is 0 Å². The summed E-state index contributed by atoms with van der Waals surface area (Å²) in [6, 6.07) is 7.87. The molecular weight excluding hydrogens is 330 g/mol. The molecule has 1 aromatic carbocycles. The SMILES string of the molecule is CCOC(=O)CCC(Cc1ccc(C)cc1)(C1=CCCCCC1)[N+](=O)[O-]. The summed E-state index contributed by atoms with van der Waals surface area (Å²) < 4.78 is 5.01. The van der Waals surface area contributed by atoms with Crippen LogP contribution in [0.2, 0.25) is 0 Å². The summed E-state index contributed by atoms with van der Waals surface area (Å²) >= 11 is 0. The minimum atomic E-state index is -1.23. The van der Waals surface area contributed by atoms with Gasteiger partial charge in [0.15, 0.2) is 0 Å². The quantitative estimate of drug-likeness (QED) is 0.290. The van der Waals surface area contributed by atoms with Crippen molar-refractivity contribution in [3.63, 3.8) is 0 Å². The number of ether oxygens (including phenoxy) is 1. The van der Waals surface area contributed by atoms with E-state index in [9.17, 15) is 14.9 Å². The topological polar surface area (TPSA) is 69.4 Å². The van der Waals surface area contributed by atoms with Crippen LogP contribution in [0.1, 0.15) is 63.0 Å². The van der Waals surface area contributed by atoms with Crippen LogP contribution in [0.3, 0.4) is 0 Å². The Balaban J connectivity index is 2.35. The van der Waals surface area contributed by atoms with Crippen molar-refractivity contribution in [3.05, 3.63) is 57.2 Å². The number of benzene rings is 1. The zero-order chi connectivity index (χ0) is 19.0. The zero-order valence-corrected chi connectivity index (χ0v) is 15.8. The minimum Gasteiger partial charge on any atom is -0.466 e. The average molecular weight is 359 g/mol. The summed E-state index contributed by atoms with van der Waals surface area (Å²) in [5.41, 5.74) is 1.71. The van der Waals surface area contributed by atoms with Gasteiger partial charge in [-0.25, -0.2) is 0 Å². The van der Waals surface area contributed by atoms with Gasteiger partial charge in [-0.15, -0.1) is 0 Å². The van der Waals surface area contributed by atoms with Crippen LogP contribution in [0.15, 0.2) is 35.9 Å². The number of hydrogen-bond donors (Lipinski definition) is 0. The fourth-order valence-corrected chi connectivity index (χ4v) is 3.66. The van der Waals surface area contributed by atoms with Crippen LogP contribution in [0.5, 0.6) is 0 Å². The third-order valence-electron chi connectivity index (χ3n) is 5.15. The van der Waals surface area contributed by atoms with Crippen molar-refractivity contribution in [2.24, 2.45) is 0 Å². The lowest BCUT2D eigenvalue weighted by Crippen LogP contribution is -2.43. The van der Waals surface area contributed by atoms with Gasteiger partial charge in [0.05, 0.1) is 13.0 Å². The molecule has 1 aliphatic rings. The van der Waals surface area contributed by atoms with Crippen LogP contribution >= 0.6 is 0 Å². The Kier molecular flexibility index (Phi) is 7.37. The molecule has 0 saturated carbocycles. The summed E-state index contributed by atoms with van der Waals surface area (Å²) in [4.78, 5) is 24.0. The lowest BCUT2D eigenvalue weighted by molar-refractivity contribution is -0.559. The predicted octanol–water partition coefficient (Wildman–Crippen LogP) is 4.79. The molecule has 1 aromatic rings. The number of aryl methyl sites for hydroxylation is 1. The van der Waals surface area contributed by atoms with Crippen LogP contribution in [-0.2, 0) is 16.0 Å². The number of hydrogen-bond acceptors (Lipinski definition) is 4. The first-order chi connectivity index (χ1) is 12.5. The first kappa shape index (κ1) is 20.1. The van der Waals surface area contributed by atoms with Gasteiger partial charge >= 0.3 is 5.97 Å². The third-order valence-corrected chi connectivity index (χ3v) is 5.15. The Hall–Kier alpha value is -2.17. The number of allylic oxidation sites excluding steroid dienone is 1. The Morgan fingerprint density at radius 1 is 1.23 bits per heavy atom. The van der Waals surface area contributed by atoms with E-state index >= 15 is 0 Å². The molecule has 0 aliphatic heterocycles. The highest BCUT2D eigenvalue weighted by atomic mass is 16.6. The highest BCUT2D eigenvalue weighted by Gasteiger charge is 2.46. The number of esters is 1. The van der Waals surface area contributed by atoms with E-state index in [4.69, 9.17) is 4.74 Å². The predicted molar refractivity (Wildman–Crippen MR) is 102 cm³/mol. The van der Waals surface area contributed by atoms with E-state index in [2.05, 4.69) is 6.08 Å². The molecule has 0 saturated heterocycles. The van der Waals surface area contributed by atoms with Crippen molar-refractivity contribution >= 4 is 5.97 Å². The Morgan fingerprint density at radius 3 is 2.62 bits per heavy atom. The van der Waals surface area contributed by atoms with Gasteiger partial charge in [-0.3, -0.25) is 14.9 Å². The molecule has 1 unspecified atom stereocenters. The zero-order valence-electron chi connectivity index (χ0n) is 15.8. The maximum Gasteiger partial charge on any atom is 0.306 e. The first-order valence-electron chi connectivity index (χ1n) is 9.53. The molecule has 26 heavy (non-hydrogen) atoms. The van der Waals surface area contributed by atoms with Gasteiger partial charge in [-0.1, -0.05) is 42.3 Å². The third kappa shape index (κ3) is 5.16. The van der Waals surface area contributed by atoms with E-state index < -0.39 is 5.54 Å². The molecule has 5 nitrogen and oxygen atoms in total. The van der Waals surface area contributed by atoms with Crippen molar-refractivity contribution < 1.29 is 14.5 Å². The van der Waals surface area contributed by atoms with Crippen molar-refractivity contribution in [1.29, 1.82) is 0 Å². The maximum absolute atomic E-state index is 12.3. The molecule has 0 bridgehead atoms. The van der Waals surface area contributed by atoms with Gasteiger partial charge in [0, 0.05) is 23.3 Å². The normalized spacial score (nSPS) is 16.9. The second kappa shape index (κ2) is 9.51. The molecule has 0 heterocycles. The number of nitrogens with zero attached hydrogens (tertiary/aromatic N) is 1. The molecule has 0 amide bonds. The molecule has 0 aromatic heterocycles. The number of nitro groups is 1. The van der Waals surface area contributed by atoms with Crippen molar-refractivity contribution in [1.82, 2.24) is 0 Å². The highest BCUT2D eigenvalue weighted by molar-refractivity contribution is 5.69. The van der Waals surface area contributed by atoms with Gasteiger partial charge < -0.3 is 4.74 Å². The minimum absolute atomic E-state index is 0.0675. The fraction of sp³-hybridized carbons (Fsp3) is 0.571. The number of carbonyl (C=O) groups excluding carboxylic acids is 1. The molecule has 2 rings (SSSR count). The van der Waals surface area contributed by atoms with E-state index in [0.29, 0.717) is 13.0 Å². The van der Waals surface area contributed by atoms with Crippen LogP contribution < -0.4 is 0 Å². The molecule has 1 aliphatic carbocycles. The molecule has 0 fully saturated rings. The van der Waals surface area contributed by atoms with Crippen molar-refractivity contribution in [2.75, 3.05) is 6.61 Å². The summed E-state index contributed by atoms with van der Waals surface area (Å²) in [5.74, 6) is -0.364. The lowest BCUT2D eigenvalue weighted by atomic mass is 9.78. The summed E-state index contributed by atoms with van der Waals surface area (Å²) in [6.45, 7) is 4.04. The van der Waals surface area contributed by atoms with Gasteiger partial charge in [0.2, 0.25) is 5.54 Å². The summed E-state index contributed by atoms with van der Waals surface area (Å²) in [5, 5.41) is 12.3. The van der Waals surface area contributed by atoms with Gasteiger partial charge in [-0.2, -0.15) is 0 Å². The Morgan fingerprint density at radius 2 is 1.96 bits per heavy atom. The van der Waals surface area contributed by atoms with Crippen LogP contribution in [0, 0.1) is 17.0 Å². The van der Waals surface area contributed by atoms with Gasteiger partial charge in [0.25, 0.3) is 0 Å². The second-order valence-electron chi connectivity index (χ2n) is 7.08. The Bertz CT molecular complexity index is 650. The van der Waals surface area contributed by atoms with Crippen molar-refractivity contribution in [2.45, 2.75) is 70.8 Å². The average Bonchev–Trinajstić information content (AvgIpc) is 2.90. The van der Waals surface area contributed by atoms with Gasteiger partial charge in [-0.05, 0) is 45.1 Å². The van der Waals surface area contributed by atoms with E-state index in [0.717, 1.165) is 48.8 Å². The smallest absolute Gasteiger partial charge is 0.306 e. The fourth-order valence-electron chi connectivity index (χ4n) is 3.66. The van der Waals surface area contributed by atoms with Crippen LogP contribution in [-0.4, -0.2) is 23.0 Å². The molecule has 1 atom stereocenters. The summed E-state index contributed by atoms with van der Waals surface area (Å²) in [7, 11) is 0. The monoisotopic (exact) mass is 359 g/mol. The first-order valence-corrected chi connectivity index (χ1v) is 9.53. The number of rotatable bonds is 8. The Labute approximate surface area is 155 Å². The lowest BCUT2D eigenvalue weighted by Gasteiger charge is -2.28. The standard InChI is InChI=1S/C21H29NO4/c1-3-26-20(23)14-15-21(22(24)25,19-8-6-4-5-7-9-19)16-18-12-10-17(2)11-13-18/h8,10-13H,3-7,9,14-16H2,1-2H3. The molecule has 0 N–H and O–H groups in total. The van der Waals surface area contributed by atoms with Crippen LogP contribution in [0.4, 0.5) is 0 Å². The molecule has 0 spiro atoms. The summed E-state index contributed by atoms with van der Waals surface area (Å²) in [6.07, 6.45) is 7.34. The van der Waals surface area contributed by atoms with E-state index in [-0.39, 0.29) is 23.7 Å². The number of carbonyl (C=O) groups is 1.